The largest absolute Gasteiger partial charge is 0.392 e. The maximum absolute atomic E-state index is 12.0. The number of rotatable bonds is 3. The molecule has 1 aromatic carbocycles. The van der Waals surface area contributed by atoms with Gasteiger partial charge in [-0.3, -0.25) is 9.36 Å². The van der Waals surface area contributed by atoms with Crippen molar-refractivity contribution < 1.29 is 9.90 Å². The van der Waals surface area contributed by atoms with Gasteiger partial charge in [0.1, 0.15) is 12.7 Å². The zero-order chi connectivity index (χ0) is 13.9. The normalized spacial score (nSPS) is 21.9. The molecule has 1 aliphatic heterocycles. The van der Waals surface area contributed by atoms with Gasteiger partial charge in [0.2, 0.25) is 5.91 Å². The fraction of sp³-hybridized carbons (Fsp3) is 0.308. The Balaban J connectivity index is 1.71. The molecule has 0 radical (unpaired) electrons. The lowest BCUT2D eigenvalue weighted by Crippen LogP contribution is -2.35. The minimum Gasteiger partial charge on any atom is -0.392 e. The third-order valence-corrected chi connectivity index (χ3v) is 3.25. The second-order valence-electron chi connectivity index (χ2n) is 4.76. The van der Waals surface area contributed by atoms with Crippen molar-refractivity contribution in [3.63, 3.8) is 0 Å². The fourth-order valence-corrected chi connectivity index (χ4v) is 2.22. The molecule has 3 N–H and O–H groups in total. The van der Waals surface area contributed by atoms with E-state index in [1.54, 1.807) is 17.2 Å². The maximum Gasteiger partial charge on any atom is 0.241 e. The quantitative estimate of drug-likeness (QED) is 0.728. The first kappa shape index (κ1) is 12.8. The molecule has 1 amide bonds. The number of carbonyl (C=O) groups excluding carboxylic acids is 1. The summed E-state index contributed by atoms with van der Waals surface area (Å²) in [5.74, 6) is -0.137. The zero-order valence-electron chi connectivity index (χ0n) is 10.7. The maximum atomic E-state index is 12.0. The highest BCUT2D eigenvalue weighted by atomic mass is 16.3. The van der Waals surface area contributed by atoms with Gasteiger partial charge in [-0.1, -0.05) is 6.07 Å². The summed E-state index contributed by atoms with van der Waals surface area (Å²) in [6, 6.07) is 7.06. The highest BCUT2D eigenvalue weighted by Gasteiger charge is 2.27. The van der Waals surface area contributed by atoms with Gasteiger partial charge in [0.05, 0.1) is 17.8 Å². The van der Waals surface area contributed by atoms with E-state index in [1.165, 1.54) is 0 Å². The molecule has 0 spiro atoms. The molecule has 3 rings (SSSR count). The zero-order valence-corrected chi connectivity index (χ0v) is 10.7. The van der Waals surface area contributed by atoms with Crippen LogP contribution in [-0.4, -0.2) is 44.5 Å². The summed E-state index contributed by atoms with van der Waals surface area (Å²) in [6.07, 6.45) is 3.18. The lowest BCUT2D eigenvalue weighted by molar-refractivity contribution is -0.117. The number of hydrogen-bond donors (Lipinski definition) is 3. The summed E-state index contributed by atoms with van der Waals surface area (Å²) in [6.45, 7) is 0.457. The van der Waals surface area contributed by atoms with Crippen LogP contribution >= 0.6 is 0 Å². The predicted molar refractivity (Wildman–Crippen MR) is 72.4 cm³/mol. The van der Waals surface area contributed by atoms with Crippen molar-refractivity contribution in [2.75, 3.05) is 11.9 Å². The van der Waals surface area contributed by atoms with Crippen molar-refractivity contribution in [3.8, 4) is 5.69 Å². The molecule has 7 heteroatoms. The number of aromatic nitrogens is 3. The van der Waals surface area contributed by atoms with Gasteiger partial charge in [-0.15, -0.1) is 10.2 Å². The van der Waals surface area contributed by atoms with Crippen molar-refractivity contribution in [3.05, 3.63) is 36.9 Å². The van der Waals surface area contributed by atoms with Crippen LogP contribution < -0.4 is 10.6 Å². The van der Waals surface area contributed by atoms with E-state index in [-0.39, 0.29) is 11.9 Å². The Morgan fingerprint density at radius 3 is 2.90 bits per heavy atom. The van der Waals surface area contributed by atoms with Crippen molar-refractivity contribution in [1.29, 1.82) is 0 Å². The number of aliphatic hydroxyl groups excluding tert-OH is 1. The van der Waals surface area contributed by atoms with Crippen LogP contribution in [0.5, 0.6) is 0 Å². The number of nitrogens with one attached hydrogen (secondary N) is 2. The Morgan fingerprint density at radius 1 is 1.40 bits per heavy atom. The Morgan fingerprint density at radius 2 is 2.20 bits per heavy atom. The van der Waals surface area contributed by atoms with Gasteiger partial charge in [0, 0.05) is 12.2 Å². The van der Waals surface area contributed by atoms with Crippen molar-refractivity contribution in [2.24, 2.45) is 0 Å². The molecule has 2 aromatic rings. The topological polar surface area (TPSA) is 92.1 Å². The van der Waals surface area contributed by atoms with Gasteiger partial charge in [0.15, 0.2) is 0 Å². The number of hydrogen-bond acceptors (Lipinski definition) is 5. The SMILES string of the molecule is O=C(Nc1cccc(-n2cnnc2)c1)C1CC(O)CN1. The average molecular weight is 273 g/mol. The molecule has 0 aliphatic carbocycles. The third kappa shape index (κ3) is 2.68. The van der Waals surface area contributed by atoms with Crippen molar-refractivity contribution in [2.45, 2.75) is 18.6 Å². The molecule has 104 valence electrons. The van der Waals surface area contributed by atoms with E-state index in [9.17, 15) is 9.90 Å². The number of β-amino-alcohol motifs (C(OH)–C–C–N with tert-alkyl or cyclic N) is 1. The molecular weight excluding hydrogens is 258 g/mol. The second kappa shape index (κ2) is 5.40. The summed E-state index contributed by atoms with van der Waals surface area (Å²) in [5.41, 5.74) is 1.57. The molecule has 1 aliphatic rings. The molecule has 7 nitrogen and oxygen atoms in total. The standard InChI is InChI=1S/C13H15N5O2/c19-11-5-12(14-6-11)13(20)17-9-2-1-3-10(4-9)18-7-15-16-8-18/h1-4,7-8,11-12,14,19H,5-6H2,(H,17,20). The number of carbonyl (C=O) groups is 1. The lowest BCUT2D eigenvalue weighted by atomic mass is 10.2. The van der Waals surface area contributed by atoms with Crippen LogP contribution in [0.1, 0.15) is 6.42 Å². The minimum atomic E-state index is -0.450. The van der Waals surface area contributed by atoms with E-state index in [1.807, 2.05) is 24.3 Å². The van der Waals surface area contributed by atoms with E-state index in [4.69, 9.17) is 0 Å². The molecule has 2 atom stereocenters. The molecule has 1 saturated heterocycles. The van der Waals surface area contributed by atoms with Crippen molar-refractivity contribution in [1.82, 2.24) is 20.1 Å². The number of anilines is 1. The Bertz CT molecular complexity index is 599. The smallest absolute Gasteiger partial charge is 0.241 e. The monoisotopic (exact) mass is 273 g/mol. The van der Waals surface area contributed by atoms with Gasteiger partial charge in [0.25, 0.3) is 0 Å². The first-order chi connectivity index (χ1) is 9.72. The van der Waals surface area contributed by atoms with E-state index >= 15 is 0 Å². The van der Waals surface area contributed by atoms with Crippen LogP contribution in [0.4, 0.5) is 5.69 Å². The summed E-state index contributed by atoms with van der Waals surface area (Å²) >= 11 is 0. The van der Waals surface area contributed by atoms with Gasteiger partial charge in [-0.05, 0) is 24.6 Å². The Hall–Kier alpha value is -2.25. The van der Waals surface area contributed by atoms with Crippen LogP contribution in [0.15, 0.2) is 36.9 Å². The van der Waals surface area contributed by atoms with Crippen LogP contribution in [-0.2, 0) is 4.79 Å². The summed E-state index contributed by atoms with van der Waals surface area (Å²) < 4.78 is 1.76. The van der Waals surface area contributed by atoms with Gasteiger partial charge >= 0.3 is 0 Å². The summed E-state index contributed by atoms with van der Waals surface area (Å²) in [7, 11) is 0. The van der Waals surface area contributed by atoms with Crippen LogP contribution in [0.25, 0.3) is 5.69 Å². The Kier molecular flexibility index (Phi) is 3.44. The molecule has 1 fully saturated rings. The summed E-state index contributed by atoms with van der Waals surface area (Å²) in [5, 5.41) is 22.7. The third-order valence-electron chi connectivity index (χ3n) is 3.25. The van der Waals surface area contributed by atoms with Crippen LogP contribution in [0.3, 0.4) is 0 Å². The average Bonchev–Trinajstić information content (AvgIpc) is 3.10. The molecular formula is C13H15N5O2. The van der Waals surface area contributed by atoms with E-state index < -0.39 is 6.10 Å². The molecule has 0 bridgehead atoms. The molecule has 0 saturated carbocycles. The lowest BCUT2D eigenvalue weighted by Gasteiger charge is -2.12. The number of benzene rings is 1. The minimum absolute atomic E-state index is 0.137. The first-order valence-electron chi connectivity index (χ1n) is 6.40. The predicted octanol–water partition coefficient (Wildman–Crippen LogP) is -0.0714. The number of nitrogens with zero attached hydrogens (tertiary/aromatic N) is 3. The van der Waals surface area contributed by atoms with E-state index in [2.05, 4.69) is 20.8 Å². The number of aliphatic hydroxyl groups is 1. The number of amides is 1. The molecule has 2 unspecified atom stereocenters. The highest BCUT2D eigenvalue weighted by Crippen LogP contribution is 2.15. The highest BCUT2D eigenvalue weighted by molar-refractivity contribution is 5.95. The first-order valence-corrected chi connectivity index (χ1v) is 6.40. The van der Waals surface area contributed by atoms with Gasteiger partial charge in [-0.25, -0.2) is 0 Å². The fourth-order valence-electron chi connectivity index (χ4n) is 2.22. The molecule has 2 heterocycles. The Labute approximate surface area is 115 Å². The summed E-state index contributed by atoms with van der Waals surface area (Å²) in [4.78, 5) is 12.0. The van der Waals surface area contributed by atoms with E-state index in [0.29, 0.717) is 18.7 Å². The van der Waals surface area contributed by atoms with E-state index in [0.717, 1.165) is 5.69 Å². The van der Waals surface area contributed by atoms with Gasteiger partial charge in [-0.2, -0.15) is 0 Å². The molecule has 20 heavy (non-hydrogen) atoms. The second-order valence-corrected chi connectivity index (χ2v) is 4.76. The molecule has 1 aromatic heterocycles. The van der Waals surface area contributed by atoms with Crippen LogP contribution in [0, 0.1) is 0 Å². The van der Waals surface area contributed by atoms with Gasteiger partial charge < -0.3 is 15.7 Å². The van der Waals surface area contributed by atoms with Crippen LogP contribution in [0.2, 0.25) is 0 Å². The van der Waals surface area contributed by atoms with Crippen molar-refractivity contribution >= 4 is 11.6 Å².